The molecule has 3 rings (SSSR count). The molecule has 0 spiro atoms. The van der Waals surface area contributed by atoms with E-state index in [0.717, 1.165) is 31.4 Å². The smallest absolute Gasteiger partial charge is 0.326 e. The molecular formula is C16H20N2O3. The minimum atomic E-state index is -0.919. The number of rotatable bonds is 2. The van der Waals surface area contributed by atoms with Crippen molar-refractivity contribution in [3.8, 4) is 0 Å². The number of carboxylic acids is 1. The quantitative estimate of drug-likeness (QED) is 0.879. The van der Waals surface area contributed by atoms with Gasteiger partial charge in [0.2, 0.25) is 0 Å². The van der Waals surface area contributed by atoms with Crippen molar-refractivity contribution in [1.82, 2.24) is 4.90 Å². The maximum absolute atomic E-state index is 12.4. The molecule has 1 fully saturated rings. The molecule has 1 aromatic carbocycles. The van der Waals surface area contributed by atoms with Crippen molar-refractivity contribution in [1.29, 1.82) is 0 Å². The zero-order chi connectivity index (χ0) is 14.8. The van der Waals surface area contributed by atoms with E-state index in [-0.39, 0.29) is 6.03 Å². The molecule has 5 nitrogen and oxygen atoms in total. The number of benzene rings is 1. The van der Waals surface area contributed by atoms with E-state index in [9.17, 15) is 9.59 Å². The van der Waals surface area contributed by atoms with Crippen LogP contribution in [0.25, 0.3) is 0 Å². The van der Waals surface area contributed by atoms with Crippen LogP contribution in [0, 0.1) is 0 Å². The van der Waals surface area contributed by atoms with Crippen LogP contribution in [0.2, 0.25) is 0 Å². The minimum Gasteiger partial charge on any atom is -0.480 e. The highest BCUT2D eigenvalue weighted by atomic mass is 16.4. The summed E-state index contributed by atoms with van der Waals surface area (Å²) in [7, 11) is 0. The fourth-order valence-corrected chi connectivity index (χ4v) is 3.35. The Morgan fingerprint density at radius 1 is 1.19 bits per heavy atom. The van der Waals surface area contributed by atoms with Crippen LogP contribution in [0.4, 0.5) is 10.5 Å². The fraction of sp³-hybridized carbons (Fsp3) is 0.500. The lowest BCUT2D eigenvalue weighted by atomic mass is 9.90. The third-order valence-corrected chi connectivity index (χ3v) is 4.44. The number of amides is 2. The van der Waals surface area contributed by atoms with Gasteiger partial charge >= 0.3 is 12.0 Å². The average molecular weight is 288 g/mol. The van der Waals surface area contributed by atoms with E-state index in [1.165, 1.54) is 22.4 Å². The number of aryl methyl sites for hydroxylation is 1. The van der Waals surface area contributed by atoms with E-state index in [2.05, 4.69) is 11.4 Å². The van der Waals surface area contributed by atoms with Gasteiger partial charge in [-0.05, 0) is 55.7 Å². The summed E-state index contributed by atoms with van der Waals surface area (Å²) in [6.45, 7) is 0.512. The van der Waals surface area contributed by atoms with Gasteiger partial charge in [-0.15, -0.1) is 0 Å². The standard InChI is InChI=1S/C16H20N2O3/c19-15(20)14-9-4-10-18(14)16(21)17-13-8-3-6-11-5-1-2-7-12(11)13/h3,6,8,14H,1-2,4-5,7,9-10H2,(H,17,21)(H,19,20). The van der Waals surface area contributed by atoms with Crippen molar-refractivity contribution in [2.45, 2.75) is 44.6 Å². The third kappa shape index (κ3) is 2.73. The monoisotopic (exact) mass is 288 g/mol. The normalized spacial score (nSPS) is 21.0. The highest BCUT2D eigenvalue weighted by molar-refractivity contribution is 5.93. The van der Waals surface area contributed by atoms with Crippen molar-refractivity contribution in [3.63, 3.8) is 0 Å². The van der Waals surface area contributed by atoms with Gasteiger partial charge in [0.25, 0.3) is 0 Å². The van der Waals surface area contributed by atoms with E-state index < -0.39 is 12.0 Å². The van der Waals surface area contributed by atoms with Gasteiger partial charge in [0.05, 0.1) is 0 Å². The summed E-state index contributed by atoms with van der Waals surface area (Å²) in [5.74, 6) is -0.919. The van der Waals surface area contributed by atoms with Crippen LogP contribution < -0.4 is 5.32 Å². The van der Waals surface area contributed by atoms with Gasteiger partial charge in [-0.1, -0.05) is 12.1 Å². The molecule has 2 aliphatic rings. The second-order valence-corrected chi connectivity index (χ2v) is 5.77. The molecule has 0 radical (unpaired) electrons. The number of carboxylic acid groups (broad SMARTS) is 1. The van der Waals surface area contributed by atoms with Crippen molar-refractivity contribution < 1.29 is 14.7 Å². The number of carbonyl (C=O) groups is 2. The number of likely N-dealkylation sites (tertiary alicyclic amines) is 1. The zero-order valence-electron chi connectivity index (χ0n) is 12.0. The molecule has 112 valence electrons. The van der Waals surface area contributed by atoms with Gasteiger partial charge in [0, 0.05) is 12.2 Å². The van der Waals surface area contributed by atoms with Gasteiger partial charge < -0.3 is 15.3 Å². The Balaban J connectivity index is 1.77. The molecule has 1 aromatic rings. The van der Waals surface area contributed by atoms with Crippen molar-refractivity contribution >= 4 is 17.7 Å². The first-order chi connectivity index (χ1) is 10.2. The maximum atomic E-state index is 12.4. The Morgan fingerprint density at radius 2 is 2.00 bits per heavy atom. The van der Waals surface area contributed by atoms with E-state index in [4.69, 9.17) is 5.11 Å². The molecule has 1 atom stereocenters. The first-order valence-electron chi connectivity index (χ1n) is 7.58. The highest BCUT2D eigenvalue weighted by Crippen LogP contribution is 2.28. The number of fused-ring (bicyclic) bond motifs is 1. The molecule has 1 unspecified atom stereocenters. The lowest BCUT2D eigenvalue weighted by Gasteiger charge is -2.24. The molecule has 5 heteroatoms. The molecule has 2 amide bonds. The molecule has 1 aliphatic heterocycles. The van der Waals surface area contributed by atoms with Gasteiger partial charge in [-0.2, -0.15) is 0 Å². The second kappa shape index (κ2) is 5.76. The number of anilines is 1. The van der Waals surface area contributed by atoms with E-state index in [1.807, 2.05) is 12.1 Å². The highest BCUT2D eigenvalue weighted by Gasteiger charge is 2.34. The fourth-order valence-electron chi connectivity index (χ4n) is 3.35. The SMILES string of the molecule is O=C(O)C1CCCN1C(=O)Nc1cccc2c1CCCC2. The van der Waals surface area contributed by atoms with E-state index in [0.29, 0.717) is 13.0 Å². The first-order valence-corrected chi connectivity index (χ1v) is 7.58. The summed E-state index contributed by atoms with van der Waals surface area (Å²) < 4.78 is 0. The van der Waals surface area contributed by atoms with Crippen LogP contribution in [-0.4, -0.2) is 34.6 Å². The largest absolute Gasteiger partial charge is 0.480 e. The van der Waals surface area contributed by atoms with Crippen LogP contribution >= 0.6 is 0 Å². The van der Waals surface area contributed by atoms with Crippen LogP contribution in [0.15, 0.2) is 18.2 Å². The Morgan fingerprint density at radius 3 is 2.81 bits per heavy atom. The van der Waals surface area contributed by atoms with Crippen LogP contribution in [-0.2, 0) is 17.6 Å². The molecule has 0 aromatic heterocycles. The summed E-state index contributed by atoms with van der Waals surface area (Å²) in [6, 6.07) is 5.00. The Bertz CT molecular complexity index is 571. The number of urea groups is 1. The number of hydrogen-bond donors (Lipinski definition) is 2. The number of carbonyl (C=O) groups excluding carboxylic acids is 1. The zero-order valence-corrected chi connectivity index (χ0v) is 12.0. The van der Waals surface area contributed by atoms with Gasteiger partial charge in [0.15, 0.2) is 0 Å². The van der Waals surface area contributed by atoms with Crippen molar-refractivity contribution in [2.75, 3.05) is 11.9 Å². The molecule has 1 heterocycles. The topological polar surface area (TPSA) is 69.6 Å². The molecule has 2 N–H and O–H groups in total. The molecule has 21 heavy (non-hydrogen) atoms. The molecular weight excluding hydrogens is 268 g/mol. The number of nitrogens with one attached hydrogen (secondary N) is 1. The van der Waals surface area contributed by atoms with Crippen LogP contribution in [0.3, 0.4) is 0 Å². The van der Waals surface area contributed by atoms with Gasteiger partial charge in [-0.3, -0.25) is 0 Å². The first kappa shape index (κ1) is 13.9. The van der Waals surface area contributed by atoms with E-state index in [1.54, 1.807) is 0 Å². The molecule has 1 aliphatic carbocycles. The summed E-state index contributed by atoms with van der Waals surface area (Å²) in [6.07, 6.45) is 5.65. The van der Waals surface area contributed by atoms with Crippen LogP contribution in [0.1, 0.15) is 36.8 Å². The van der Waals surface area contributed by atoms with Crippen molar-refractivity contribution in [3.05, 3.63) is 29.3 Å². The molecule has 1 saturated heterocycles. The summed E-state index contributed by atoms with van der Waals surface area (Å²) in [4.78, 5) is 25.0. The average Bonchev–Trinajstić information content (AvgIpc) is 2.97. The predicted octanol–water partition coefficient (Wildman–Crippen LogP) is 2.65. The summed E-state index contributed by atoms with van der Waals surface area (Å²) in [5, 5.41) is 12.1. The minimum absolute atomic E-state index is 0.293. The predicted molar refractivity (Wildman–Crippen MR) is 79.5 cm³/mol. The van der Waals surface area contributed by atoms with Crippen LogP contribution in [0.5, 0.6) is 0 Å². The van der Waals surface area contributed by atoms with Gasteiger partial charge in [0.1, 0.15) is 6.04 Å². The lowest BCUT2D eigenvalue weighted by Crippen LogP contribution is -2.43. The molecule has 0 bridgehead atoms. The summed E-state index contributed by atoms with van der Waals surface area (Å²) >= 11 is 0. The second-order valence-electron chi connectivity index (χ2n) is 5.77. The summed E-state index contributed by atoms with van der Waals surface area (Å²) in [5.41, 5.74) is 3.35. The Labute approximate surface area is 123 Å². The van der Waals surface area contributed by atoms with Gasteiger partial charge in [-0.25, -0.2) is 9.59 Å². The number of aliphatic carboxylic acids is 1. The van der Waals surface area contributed by atoms with E-state index >= 15 is 0 Å². The Hall–Kier alpha value is -2.04. The molecule has 0 saturated carbocycles. The maximum Gasteiger partial charge on any atom is 0.326 e. The Kier molecular flexibility index (Phi) is 3.82. The third-order valence-electron chi connectivity index (χ3n) is 4.44. The van der Waals surface area contributed by atoms with Crippen molar-refractivity contribution in [2.24, 2.45) is 0 Å². The number of nitrogens with zero attached hydrogens (tertiary/aromatic N) is 1. The number of hydrogen-bond acceptors (Lipinski definition) is 2. The lowest BCUT2D eigenvalue weighted by molar-refractivity contribution is -0.141.